The van der Waals surface area contributed by atoms with Gasteiger partial charge in [-0.25, -0.2) is 0 Å². The zero-order chi connectivity index (χ0) is 10.8. The van der Waals surface area contributed by atoms with Crippen molar-refractivity contribution in [2.75, 3.05) is 5.73 Å². The molecule has 0 unspecified atom stereocenters. The Morgan fingerprint density at radius 2 is 2.20 bits per heavy atom. The second-order valence-electron chi connectivity index (χ2n) is 3.26. The first-order valence-electron chi connectivity index (χ1n) is 4.69. The van der Waals surface area contributed by atoms with Gasteiger partial charge in [-0.05, 0) is 6.92 Å². The zero-order valence-electron chi connectivity index (χ0n) is 8.39. The fourth-order valence-corrected chi connectivity index (χ4v) is 1.49. The molecule has 2 heterocycles. The van der Waals surface area contributed by atoms with Crippen LogP contribution in [0.2, 0.25) is 5.02 Å². The molecule has 0 atom stereocenters. The summed E-state index contributed by atoms with van der Waals surface area (Å²) in [5, 5.41) is 8.72. The van der Waals surface area contributed by atoms with Gasteiger partial charge in [0.25, 0.3) is 0 Å². The van der Waals surface area contributed by atoms with Crippen LogP contribution < -0.4 is 5.73 Å². The topological polar surface area (TPSA) is 61.7 Å². The normalized spacial score (nSPS) is 10.8. The van der Waals surface area contributed by atoms with Crippen molar-refractivity contribution >= 4 is 17.4 Å². The van der Waals surface area contributed by atoms with E-state index in [2.05, 4.69) is 10.2 Å². The lowest BCUT2D eigenvalue weighted by molar-refractivity contribution is 0.655. The van der Waals surface area contributed by atoms with Gasteiger partial charge in [0.15, 0.2) is 5.82 Å². The second kappa shape index (κ2) is 3.94. The Morgan fingerprint density at radius 3 is 2.73 bits per heavy atom. The highest BCUT2D eigenvalue weighted by atomic mass is 35.5. The number of hydrogen-bond acceptors (Lipinski definition) is 3. The van der Waals surface area contributed by atoms with Gasteiger partial charge < -0.3 is 5.73 Å². The van der Waals surface area contributed by atoms with Crippen LogP contribution in [0.1, 0.15) is 12.5 Å². The predicted octanol–water partition coefficient (Wildman–Crippen LogP) is 1.38. The van der Waals surface area contributed by atoms with E-state index in [0.29, 0.717) is 17.4 Å². The van der Waals surface area contributed by atoms with Gasteiger partial charge in [-0.1, -0.05) is 11.6 Å². The molecule has 0 fully saturated rings. The Balaban J connectivity index is 2.14. The molecular formula is C9H12ClN5. The van der Waals surface area contributed by atoms with Crippen LogP contribution in [0, 0.1) is 0 Å². The first kappa shape index (κ1) is 10.0. The SMILES string of the molecule is CCn1cc(Cn2cc(Cl)c(N)n2)cn1. The number of hydrogen-bond donors (Lipinski definition) is 1. The standard InChI is InChI=1S/C9H12ClN5/c1-2-14-4-7(3-12-14)5-15-6-8(10)9(11)13-15/h3-4,6H,2,5H2,1H3,(H2,11,13). The lowest BCUT2D eigenvalue weighted by Crippen LogP contribution is -2.00. The smallest absolute Gasteiger partial charge is 0.164 e. The number of rotatable bonds is 3. The predicted molar refractivity (Wildman–Crippen MR) is 58.7 cm³/mol. The van der Waals surface area contributed by atoms with Crippen LogP contribution in [0.25, 0.3) is 0 Å². The van der Waals surface area contributed by atoms with E-state index in [1.54, 1.807) is 10.9 Å². The second-order valence-corrected chi connectivity index (χ2v) is 3.67. The summed E-state index contributed by atoms with van der Waals surface area (Å²) in [6.45, 7) is 3.54. The summed E-state index contributed by atoms with van der Waals surface area (Å²) in [5.41, 5.74) is 6.62. The molecule has 0 bridgehead atoms. The molecule has 6 heteroatoms. The minimum absolute atomic E-state index is 0.361. The molecule has 2 rings (SSSR count). The summed E-state index contributed by atoms with van der Waals surface area (Å²) in [6.07, 6.45) is 5.50. The van der Waals surface area contributed by atoms with Gasteiger partial charge >= 0.3 is 0 Å². The lowest BCUT2D eigenvalue weighted by Gasteiger charge is -1.96. The molecule has 0 aliphatic heterocycles. The van der Waals surface area contributed by atoms with Gasteiger partial charge in [-0.15, -0.1) is 0 Å². The van der Waals surface area contributed by atoms with E-state index in [-0.39, 0.29) is 0 Å². The number of nitrogen functional groups attached to an aromatic ring is 1. The molecule has 2 aromatic rings. The third-order valence-electron chi connectivity index (χ3n) is 2.10. The van der Waals surface area contributed by atoms with Crippen LogP contribution in [-0.2, 0) is 13.1 Å². The first-order chi connectivity index (χ1) is 7.19. The summed E-state index contributed by atoms with van der Waals surface area (Å²) in [6, 6.07) is 0. The number of nitrogens with zero attached hydrogens (tertiary/aromatic N) is 4. The highest BCUT2D eigenvalue weighted by molar-refractivity contribution is 6.32. The van der Waals surface area contributed by atoms with Crippen molar-refractivity contribution in [3.63, 3.8) is 0 Å². The Hall–Kier alpha value is -1.49. The van der Waals surface area contributed by atoms with Gasteiger partial charge in [0.05, 0.1) is 12.7 Å². The Labute approximate surface area is 92.4 Å². The summed E-state index contributed by atoms with van der Waals surface area (Å²) < 4.78 is 3.57. The molecule has 15 heavy (non-hydrogen) atoms. The van der Waals surface area contributed by atoms with Gasteiger partial charge in [-0.2, -0.15) is 10.2 Å². The number of nitrogens with two attached hydrogens (primary N) is 1. The summed E-state index contributed by atoms with van der Waals surface area (Å²) in [7, 11) is 0. The number of halogens is 1. The van der Waals surface area contributed by atoms with Crippen molar-refractivity contribution in [2.24, 2.45) is 0 Å². The van der Waals surface area contributed by atoms with E-state index in [1.165, 1.54) is 0 Å². The van der Waals surface area contributed by atoms with Crippen molar-refractivity contribution < 1.29 is 0 Å². The molecule has 0 aromatic carbocycles. The van der Waals surface area contributed by atoms with E-state index < -0.39 is 0 Å². The number of aromatic nitrogens is 4. The quantitative estimate of drug-likeness (QED) is 0.859. The molecule has 80 valence electrons. The van der Waals surface area contributed by atoms with Crippen molar-refractivity contribution in [1.29, 1.82) is 0 Å². The van der Waals surface area contributed by atoms with E-state index in [1.807, 2.05) is 24.0 Å². The van der Waals surface area contributed by atoms with Crippen molar-refractivity contribution in [3.8, 4) is 0 Å². The van der Waals surface area contributed by atoms with Gasteiger partial charge in [0.1, 0.15) is 5.02 Å². The molecule has 0 aliphatic rings. The van der Waals surface area contributed by atoms with E-state index >= 15 is 0 Å². The zero-order valence-corrected chi connectivity index (χ0v) is 9.15. The third kappa shape index (κ3) is 2.12. The van der Waals surface area contributed by atoms with Crippen LogP contribution in [0.15, 0.2) is 18.6 Å². The number of anilines is 1. The van der Waals surface area contributed by atoms with Crippen LogP contribution in [-0.4, -0.2) is 19.6 Å². The van der Waals surface area contributed by atoms with E-state index in [4.69, 9.17) is 17.3 Å². The maximum atomic E-state index is 5.80. The summed E-state index contributed by atoms with van der Waals surface area (Å²) in [4.78, 5) is 0. The third-order valence-corrected chi connectivity index (χ3v) is 2.39. The molecule has 5 nitrogen and oxygen atoms in total. The van der Waals surface area contributed by atoms with Crippen molar-refractivity contribution in [3.05, 3.63) is 29.2 Å². The Bertz CT molecular complexity index is 439. The molecule has 2 aromatic heterocycles. The highest BCUT2D eigenvalue weighted by Gasteiger charge is 2.04. The van der Waals surface area contributed by atoms with Gasteiger partial charge in [-0.3, -0.25) is 9.36 Å². The average molecular weight is 226 g/mol. The summed E-state index contributed by atoms with van der Waals surface area (Å²) >= 11 is 5.80. The highest BCUT2D eigenvalue weighted by Crippen LogP contribution is 2.15. The van der Waals surface area contributed by atoms with Crippen LogP contribution in [0.5, 0.6) is 0 Å². The fraction of sp³-hybridized carbons (Fsp3) is 0.333. The maximum Gasteiger partial charge on any atom is 0.164 e. The fourth-order valence-electron chi connectivity index (χ4n) is 1.34. The van der Waals surface area contributed by atoms with Crippen LogP contribution in [0.4, 0.5) is 5.82 Å². The van der Waals surface area contributed by atoms with Crippen molar-refractivity contribution in [2.45, 2.75) is 20.0 Å². The molecule has 0 saturated carbocycles. The van der Waals surface area contributed by atoms with Gasteiger partial charge in [0, 0.05) is 24.5 Å². The first-order valence-corrected chi connectivity index (χ1v) is 5.06. The monoisotopic (exact) mass is 225 g/mol. The van der Waals surface area contributed by atoms with E-state index in [9.17, 15) is 0 Å². The molecular weight excluding hydrogens is 214 g/mol. The van der Waals surface area contributed by atoms with Crippen molar-refractivity contribution in [1.82, 2.24) is 19.6 Å². The average Bonchev–Trinajstić information content (AvgIpc) is 2.76. The summed E-state index contributed by atoms with van der Waals surface area (Å²) in [5.74, 6) is 0.361. The molecule has 0 spiro atoms. The van der Waals surface area contributed by atoms with E-state index in [0.717, 1.165) is 12.1 Å². The minimum Gasteiger partial charge on any atom is -0.381 e. The number of aryl methyl sites for hydroxylation is 1. The minimum atomic E-state index is 0.361. The van der Waals surface area contributed by atoms with Crippen LogP contribution in [0.3, 0.4) is 0 Å². The maximum absolute atomic E-state index is 5.80. The molecule has 2 N–H and O–H groups in total. The van der Waals surface area contributed by atoms with Crippen LogP contribution >= 0.6 is 11.6 Å². The Kier molecular flexibility index (Phi) is 2.64. The Morgan fingerprint density at radius 1 is 1.40 bits per heavy atom. The largest absolute Gasteiger partial charge is 0.381 e. The lowest BCUT2D eigenvalue weighted by atomic mass is 10.4. The van der Waals surface area contributed by atoms with Gasteiger partial charge in [0.2, 0.25) is 0 Å². The molecule has 0 saturated heterocycles. The molecule has 0 aliphatic carbocycles. The molecule has 0 radical (unpaired) electrons. The molecule has 0 amide bonds.